The van der Waals surface area contributed by atoms with Crippen LogP contribution in [-0.4, -0.2) is 42.0 Å². The average molecular weight is 348 g/mol. The van der Waals surface area contributed by atoms with Crippen molar-refractivity contribution < 1.29 is 4.79 Å². The second kappa shape index (κ2) is 5.91. The lowest BCUT2D eigenvalue weighted by Crippen LogP contribution is -2.49. The Bertz CT molecular complexity index is 715. The van der Waals surface area contributed by atoms with Gasteiger partial charge in [0.25, 0.3) is 0 Å². The molecule has 3 heterocycles. The summed E-state index contributed by atoms with van der Waals surface area (Å²) in [4.78, 5) is 24.3. The number of thiazole rings is 1. The van der Waals surface area contributed by atoms with Crippen LogP contribution in [0.4, 0.5) is 5.13 Å². The zero-order chi connectivity index (χ0) is 16.0. The molecule has 4 rings (SSSR count). The third-order valence-electron chi connectivity index (χ3n) is 4.70. The molecule has 2 fully saturated rings. The summed E-state index contributed by atoms with van der Waals surface area (Å²) < 4.78 is 0. The Morgan fingerprint density at radius 2 is 2.00 bits per heavy atom. The normalized spacial score (nSPS) is 24.1. The van der Waals surface area contributed by atoms with Crippen LogP contribution in [0.25, 0.3) is 0 Å². The summed E-state index contributed by atoms with van der Waals surface area (Å²) in [6.07, 6.45) is 1.03. The van der Waals surface area contributed by atoms with Crippen LogP contribution in [0.5, 0.6) is 0 Å². The van der Waals surface area contributed by atoms with Crippen molar-refractivity contribution in [1.82, 2.24) is 9.88 Å². The zero-order valence-electron chi connectivity index (χ0n) is 13.5. The molecule has 0 N–H and O–H groups in total. The minimum Gasteiger partial charge on any atom is -0.345 e. The zero-order valence-corrected chi connectivity index (χ0v) is 15.1. The lowest BCUT2D eigenvalue weighted by Gasteiger charge is -2.34. The number of carbonyl (C=O) groups excluding carboxylic acids is 1. The first-order valence-electron chi connectivity index (χ1n) is 8.14. The summed E-state index contributed by atoms with van der Waals surface area (Å²) in [5.74, 6) is 1.05. The maximum Gasteiger partial charge on any atom is 0.226 e. The number of hydrogen-bond donors (Lipinski definition) is 0. The number of amides is 1. The first-order valence-corrected chi connectivity index (χ1v) is 9.83. The van der Waals surface area contributed by atoms with Gasteiger partial charge in [0.05, 0.1) is 5.69 Å². The topological polar surface area (TPSA) is 36.4 Å². The Kier molecular flexibility index (Phi) is 3.89. The van der Waals surface area contributed by atoms with Crippen molar-refractivity contribution in [3.63, 3.8) is 0 Å². The molecule has 23 heavy (non-hydrogen) atoms. The molecule has 2 atom stereocenters. The van der Waals surface area contributed by atoms with Gasteiger partial charge in [-0.3, -0.25) is 4.79 Å². The summed E-state index contributed by atoms with van der Waals surface area (Å²) in [6.45, 7) is 7.60. The Labute approximate surface area is 144 Å². The van der Waals surface area contributed by atoms with Crippen LogP contribution < -0.4 is 4.90 Å². The van der Waals surface area contributed by atoms with Crippen LogP contribution >= 0.6 is 22.7 Å². The van der Waals surface area contributed by atoms with Crippen LogP contribution in [-0.2, 0) is 4.79 Å². The van der Waals surface area contributed by atoms with E-state index < -0.39 is 0 Å². The van der Waals surface area contributed by atoms with Crippen molar-refractivity contribution in [1.29, 1.82) is 0 Å². The van der Waals surface area contributed by atoms with Gasteiger partial charge in [0.1, 0.15) is 0 Å². The van der Waals surface area contributed by atoms with Crippen molar-refractivity contribution in [2.75, 3.05) is 31.1 Å². The fourth-order valence-electron chi connectivity index (χ4n) is 3.27. The van der Waals surface area contributed by atoms with Crippen molar-refractivity contribution in [2.45, 2.75) is 26.2 Å². The largest absolute Gasteiger partial charge is 0.345 e. The summed E-state index contributed by atoms with van der Waals surface area (Å²) in [7, 11) is 0. The summed E-state index contributed by atoms with van der Waals surface area (Å²) in [5.41, 5.74) is 1.08. The quantitative estimate of drug-likeness (QED) is 0.855. The fourth-order valence-corrected chi connectivity index (χ4v) is 5.19. The molecule has 1 aliphatic carbocycles. The van der Waals surface area contributed by atoms with E-state index in [1.54, 1.807) is 11.3 Å². The van der Waals surface area contributed by atoms with Crippen LogP contribution in [0, 0.1) is 19.8 Å². The number of hydrogen-bond acceptors (Lipinski definition) is 5. The molecule has 0 aromatic carbocycles. The third kappa shape index (κ3) is 3.02. The molecule has 2 aliphatic rings. The second-order valence-electron chi connectivity index (χ2n) is 6.48. The van der Waals surface area contributed by atoms with Gasteiger partial charge < -0.3 is 9.80 Å². The smallest absolute Gasteiger partial charge is 0.226 e. The Morgan fingerprint density at radius 1 is 1.22 bits per heavy atom. The highest BCUT2D eigenvalue weighted by Gasteiger charge is 2.46. The SMILES string of the molecule is Cc1csc(N2CCN(C(=O)[C@H]3C[C@H]3c3ccc(C)s3)CC2)n1. The Hall–Kier alpha value is -1.40. The van der Waals surface area contributed by atoms with Gasteiger partial charge in [-0.1, -0.05) is 0 Å². The Balaban J connectivity index is 1.33. The molecule has 2 aromatic rings. The highest BCUT2D eigenvalue weighted by atomic mass is 32.1. The summed E-state index contributed by atoms with van der Waals surface area (Å²) >= 11 is 3.54. The van der Waals surface area contributed by atoms with Crippen LogP contribution in [0.3, 0.4) is 0 Å². The highest BCUT2D eigenvalue weighted by molar-refractivity contribution is 7.13. The number of piperazine rings is 1. The van der Waals surface area contributed by atoms with E-state index in [9.17, 15) is 4.79 Å². The first kappa shape index (κ1) is 15.1. The number of rotatable bonds is 3. The molecule has 1 amide bonds. The van der Waals surface area contributed by atoms with E-state index in [1.807, 2.05) is 18.3 Å². The van der Waals surface area contributed by atoms with E-state index in [0.29, 0.717) is 11.8 Å². The molecule has 0 radical (unpaired) electrons. The molecular weight excluding hydrogens is 326 g/mol. The number of carbonyl (C=O) groups is 1. The second-order valence-corrected chi connectivity index (χ2v) is 8.64. The van der Waals surface area contributed by atoms with E-state index in [0.717, 1.165) is 43.4 Å². The maximum absolute atomic E-state index is 12.7. The molecule has 0 unspecified atom stereocenters. The van der Waals surface area contributed by atoms with E-state index in [2.05, 4.69) is 39.2 Å². The van der Waals surface area contributed by atoms with Crippen molar-refractivity contribution >= 4 is 33.7 Å². The molecule has 1 saturated heterocycles. The average Bonchev–Trinajstić information content (AvgIpc) is 3.05. The Morgan fingerprint density at radius 3 is 2.61 bits per heavy atom. The standard InChI is InChI=1S/C17H21N3OS2/c1-11-10-22-17(18-11)20-7-5-19(6-8-20)16(21)14-9-13(14)15-4-3-12(2)23-15/h3-4,10,13-14H,5-9H2,1-2H3/t13-,14+/m1/s1. The maximum atomic E-state index is 12.7. The lowest BCUT2D eigenvalue weighted by atomic mass is 10.2. The van der Waals surface area contributed by atoms with Crippen molar-refractivity contribution in [2.24, 2.45) is 5.92 Å². The third-order valence-corrected chi connectivity index (χ3v) is 6.85. The van der Waals surface area contributed by atoms with Gasteiger partial charge in [0.2, 0.25) is 5.91 Å². The highest BCUT2D eigenvalue weighted by Crippen LogP contribution is 2.50. The predicted molar refractivity (Wildman–Crippen MR) is 95.5 cm³/mol. The molecule has 0 bridgehead atoms. The van der Waals surface area contributed by atoms with Crippen molar-refractivity contribution in [3.05, 3.63) is 33.0 Å². The van der Waals surface area contributed by atoms with E-state index in [1.165, 1.54) is 9.75 Å². The van der Waals surface area contributed by atoms with Crippen LogP contribution in [0.2, 0.25) is 0 Å². The first-order chi connectivity index (χ1) is 11.1. The minimum atomic E-state index is 0.224. The number of thiophene rings is 1. The van der Waals surface area contributed by atoms with Crippen LogP contribution in [0.15, 0.2) is 17.5 Å². The monoisotopic (exact) mass is 347 g/mol. The molecule has 122 valence electrons. The fraction of sp³-hybridized carbons (Fsp3) is 0.529. The molecule has 0 spiro atoms. The molecule has 6 heteroatoms. The lowest BCUT2D eigenvalue weighted by molar-refractivity contribution is -0.132. The summed E-state index contributed by atoms with van der Waals surface area (Å²) in [5, 5.41) is 3.18. The van der Waals surface area contributed by atoms with E-state index in [-0.39, 0.29) is 5.92 Å². The van der Waals surface area contributed by atoms with Gasteiger partial charge in [-0.05, 0) is 32.4 Å². The number of anilines is 1. The molecular formula is C17H21N3OS2. The van der Waals surface area contributed by atoms with E-state index >= 15 is 0 Å². The number of nitrogens with zero attached hydrogens (tertiary/aromatic N) is 3. The van der Waals surface area contributed by atoms with Gasteiger partial charge in [0.15, 0.2) is 5.13 Å². The molecule has 1 aliphatic heterocycles. The van der Waals surface area contributed by atoms with Gasteiger partial charge in [-0.15, -0.1) is 22.7 Å². The number of aromatic nitrogens is 1. The number of aryl methyl sites for hydroxylation is 2. The van der Waals surface area contributed by atoms with Gasteiger partial charge >= 0.3 is 0 Å². The molecule has 4 nitrogen and oxygen atoms in total. The van der Waals surface area contributed by atoms with Crippen LogP contribution in [0.1, 0.15) is 27.8 Å². The van der Waals surface area contributed by atoms with Gasteiger partial charge in [0, 0.05) is 53.1 Å². The van der Waals surface area contributed by atoms with E-state index in [4.69, 9.17) is 0 Å². The molecule has 1 saturated carbocycles. The predicted octanol–water partition coefficient (Wildman–Crippen LogP) is 3.27. The van der Waals surface area contributed by atoms with Gasteiger partial charge in [-0.25, -0.2) is 4.98 Å². The minimum absolute atomic E-state index is 0.224. The summed E-state index contributed by atoms with van der Waals surface area (Å²) in [6, 6.07) is 4.36. The van der Waals surface area contributed by atoms with Gasteiger partial charge in [-0.2, -0.15) is 0 Å². The van der Waals surface area contributed by atoms with Crippen molar-refractivity contribution in [3.8, 4) is 0 Å². The molecule has 2 aromatic heterocycles.